The Labute approximate surface area is 174 Å². The van der Waals surface area contributed by atoms with E-state index in [9.17, 15) is 18.0 Å². The van der Waals surface area contributed by atoms with Gasteiger partial charge in [0.2, 0.25) is 5.91 Å². The van der Waals surface area contributed by atoms with Crippen molar-refractivity contribution in [2.24, 2.45) is 5.92 Å². The van der Waals surface area contributed by atoms with Gasteiger partial charge in [0.05, 0.1) is 0 Å². The maximum Gasteiger partial charge on any atom is 0.230 e. The van der Waals surface area contributed by atoms with Crippen LogP contribution in [0, 0.1) is 23.4 Å². The van der Waals surface area contributed by atoms with E-state index in [1.807, 2.05) is 4.90 Å². The number of fused-ring (bicyclic) bond motifs is 2. The number of amides is 1. The van der Waals surface area contributed by atoms with Crippen LogP contribution in [0.25, 0.3) is 0 Å². The summed E-state index contributed by atoms with van der Waals surface area (Å²) >= 11 is 0. The van der Waals surface area contributed by atoms with Crippen molar-refractivity contribution in [2.45, 2.75) is 44.1 Å². The van der Waals surface area contributed by atoms with Gasteiger partial charge in [-0.3, -0.25) is 9.69 Å². The number of piperidine rings is 1. The van der Waals surface area contributed by atoms with Gasteiger partial charge in [-0.2, -0.15) is 0 Å². The first-order valence-electron chi connectivity index (χ1n) is 10.7. The summed E-state index contributed by atoms with van der Waals surface area (Å²) < 4.78 is 41.1. The second-order valence-corrected chi connectivity index (χ2v) is 9.05. The topological polar surface area (TPSA) is 23.6 Å². The van der Waals surface area contributed by atoms with Crippen LogP contribution in [0.1, 0.15) is 43.2 Å². The maximum atomic E-state index is 14.1. The molecule has 5 rings (SSSR count). The van der Waals surface area contributed by atoms with Crippen molar-refractivity contribution in [3.8, 4) is 0 Å². The smallest absolute Gasteiger partial charge is 0.230 e. The zero-order chi connectivity index (χ0) is 20.9. The van der Waals surface area contributed by atoms with Gasteiger partial charge >= 0.3 is 0 Å². The summed E-state index contributed by atoms with van der Waals surface area (Å²) in [5.74, 6) is -1.14. The third-order valence-corrected chi connectivity index (χ3v) is 7.14. The summed E-state index contributed by atoms with van der Waals surface area (Å²) in [5, 5.41) is 0. The zero-order valence-corrected chi connectivity index (χ0v) is 16.8. The molecule has 2 fully saturated rings. The van der Waals surface area contributed by atoms with Gasteiger partial charge in [0.15, 0.2) is 0 Å². The van der Waals surface area contributed by atoms with Crippen LogP contribution in [0.5, 0.6) is 0 Å². The Morgan fingerprint density at radius 2 is 1.67 bits per heavy atom. The van der Waals surface area contributed by atoms with Gasteiger partial charge in [0.1, 0.15) is 17.5 Å². The average molecular weight is 414 g/mol. The highest BCUT2D eigenvalue weighted by Crippen LogP contribution is 2.48. The van der Waals surface area contributed by atoms with Crippen molar-refractivity contribution in [3.63, 3.8) is 0 Å². The van der Waals surface area contributed by atoms with Crippen LogP contribution in [-0.2, 0) is 16.8 Å². The highest BCUT2D eigenvalue weighted by molar-refractivity contribution is 5.98. The summed E-state index contributed by atoms with van der Waals surface area (Å²) in [6.45, 7) is 2.55. The Morgan fingerprint density at radius 3 is 2.30 bits per heavy atom. The fourth-order valence-electron chi connectivity index (χ4n) is 5.24. The fraction of sp³-hybridized carbons (Fsp3) is 0.458. The molecule has 1 saturated heterocycles. The molecule has 0 atom stereocenters. The van der Waals surface area contributed by atoms with E-state index in [1.165, 1.54) is 18.2 Å². The Hall–Kier alpha value is -2.34. The number of anilines is 1. The predicted molar refractivity (Wildman–Crippen MR) is 109 cm³/mol. The molecule has 3 nitrogen and oxygen atoms in total. The number of hydrogen-bond donors (Lipinski definition) is 0. The van der Waals surface area contributed by atoms with Gasteiger partial charge < -0.3 is 4.90 Å². The van der Waals surface area contributed by atoms with E-state index in [-0.39, 0.29) is 23.1 Å². The third kappa shape index (κ3) is 3.41. The van der Waals surface area contributed by atoms with E-state index >= 15 is 0 Å². The van der Waals surface area contributed by atoms with E-state index in [0.29, 0.717) is 18.7 Å². The number of hydrogen-bond acceptors (Lipinski definition) is 2. The number of carbonyl (C=O) groups excluding carboxylic acids is 1. The lowest BCUT2D eigenvalue weighted by Crippen LogP contribution is -2.47. The van der Waals surface area contributed by atoms with Crippen LogP contribution in [-0.4, -0.2) is 30.4 Å². The average Bonchev–Trinajstić information content (AvgIpc) is 2.95. The molecule has 0 N–H and O–H groups in total. The van der Waals surface area contributed by atoms with Gasteiger partial charge in [-0.05, 0) is 80.2 Å². The summed E-state index contributed by atoms with van der Waals surface area (Å²) in [4.78, 5) is 17.1. The molecule has 6 heteroatoms. The number of nitrogens with zero attached hydrogens (tertiary/aromatic N) is 2. The quantitative estimate of drug-likeness (QED) is 0.721. The number of likely N-dealkylation sites (tertiary alicyclic amines) is 1. The summed E-state index contributed by atoms with van der Waals surface area (Å²) in [6.07, 6.45) is 4.56. The number of carbonyl (C=O) groups is 1. The minimum Gasteiger partial charge on any atom is -0.311 e. The second-order valence-electron chi connectivity index (χ2n) is 9.05. The highest BCUT2D eigenvalue weighted by Gasteiger charge is 2.47. The molecule has 2 aromatic carbocycles. The first-order valence-corrected chi connectivity index (χ1v) is 10.7. The number of halogens is 3. The maximum absolute atomic E-state index is 14.1. The van der Waals surface area contributed by atoms with Crippen LogP contribution in [0.4, 0.5) is 18.9 Å². The Balaban J connectivity index is 1.35. The standard InChI is InChI=1S/C24H25F3N2O/c25-18-4-5-22-21(13-18)24(15-29(22)23(30)17-2-1-3-17)6-8-28(9-7-24)14-16-10-19(26)12-20(27)11-16/h4-5,10-13,17H,1-3,6-9,14-15H2. The van der Waals surface area contributed by atoms with E-state index in [0.717, 1.165) is 62.5 Å². The lowest BCUT2D eigenvalue weighted by molar-refractivity contribution is -0.124. The minimum absolute atomic E-state index is 0.0982. The van der Waals surface area contributed by atoms with E-state index < -0.39 is 11.6 Å². The first kappa shape index (κ1) is 19.6. The number of rotatable bonds is 3. The van der Waals surface area contributed by atoms with Crippen molar-refractivity contribution in [3.05, 3.63) is 65.0 Å². The number of benzene rings is 2. The predicted octanol–water partition coefficient (Wildman–Crippen LogP) is 4.78. The lowest BCUT2D eigenvalue weighted by Gasteiger charge is -2.40. The molecule has 0 bridgehead atoms. The van der Waals surface area contributed by atoms with Gasteiger partial charge in [-0.25, -0.2) is 13.2 Å². The molecule has 0 unspecified atom stereocenters. The van der Waals surface area contributed by atoms with Crippen LogP contribution in [0.15, 0.2) is 36.4 Å². The molecule has 0 aromatic heterocycles. The van der Waals surface area contributed by atoms with Gasteiger partial charge in [-0.1, -0.05) is 6.42 Å². The molecular formula is C24H25F3N2O. The second kappa shape index (κ2) is 7.41. The van der Waals surface area contributed by atoms with Crippen LogP contribution in [0.3, 0.4) is 0 Å². The van der Waals surface area contributed by atoms with Crippen LogP contribution in [0.2, 0.25) is 0 Å². The zero-order valence-electron chi connectivity index (χ0n) is 16.8. The summed E-state index contributed by atoms with van der Waals surface area (Å²) in [6, 6.07) is 8.40. The molecule has 3 aliphatic rings. The fourth-order valence-corrected chi connectivity index (χ4v) is 5.24. The van der Waals surface area contributed by atoms with Crippen LogP contribution >= 0.6 is 0 Å². The molecule has 2 heterocycles. The Bertz CT molecular complexity index is 960. The third-order valence-electron chi connectivity index (χ3n) is 7.14. The van der Waals surface area contributed by atoms with Crippen molar-refractivity contribution in [1.29, 1.82) is 0 Å². The minimum atomic E-state index is -0.566. The van der Waals surface area contributed by atoms with Crippen molar-refractivity contribution < 1.29 is 18.0 Å². The molecule has 2 aliphatic heterocycles. The molecule has 1 spiro atoms. The molecule has 0 radical (unpaired) electrons. The lowest BCUT2D eigenvalue weighted by atomic mass is 9.74. The van der Waals surface area contributed by atoms with Crippen LogP contribution < -0.4 is 4.90 Å². The molecular weight excluding hydrogens is 389 g/mol. The molecule has 1 amide bonds. The van der Waals surface area contributed by atoms with Gasteiger partial charge in [-0.15, -0.1) is 0 Å². The monoisotopic (exact) mass is 414 g/mol. The molecule has 2 aromatic rings. The summed E-state index contributed by atoms with van der Waals surface area (Å²) in [7, 11) is 0. The summed E-state index contributed by atoms with van der Waals surface area (Å²) in [5.41, 5.74) is 2.16. The Morgan fingerprint density at radius 1 is 0.967 bits per heavy atom. The van der Waals surface area contributed by atoms with Crippen molar-refractivity contribution >= 4 is 11.6 Å². The van der Waals surface area contributed by atoms with Crippen molar-refractivity contribution in [2.75, 3.05) is 24.5 Å². The largest absolute Gasteiger partial charge is 0.311 e. The van der Waals surface area contributed by atoms with E-state index in [1.54, 1.807) is 12.1 Å². The molecule has 1 aliphatic carbocycles. The SMILES string of the molecule is O=C(C1CCC1)N1CC2(CCN(Cc3cc(F)cc(F)c3)CC2)c2cc(F)ccc21. The molecule has 1 saturated carbocycles. The van der Waals surface area contributed by atoms with Gasteiger partial charge in [0, 0.05) is 36.2 Å². The van der Waals surface area contributed by atoms with E-state index in [4.69, 9.17) is 0 Å². The van der Waals surface area contributed by atoms with Gasteiger partial charge in [0.25, 0.3) is 0 Å². The molecule has 158 valence electrons. The van der Waals surface area contributed by atoms with E-state index in [2.05, 4.69) is 4.90 Å². The van der Waals surface area contributed by atoms with Crippen molar-refractivity contribution in [1.82, 2.24) is 4.90 Å². The first-order chi connectivity index (χ1) is 14.4. The normalized spacial score (nSPS) is 21.0. The Kier molecular flexibility index (Phi) is 4.85. The highest BCUT2D eigenvalue weighted by atomic mass is 19.1. The molecule has 30 heavy (non-hydrogen) atoms.